The molecule has 2 aromatic heterocycles. The zero-order chi connectivity index (χ0) is 52.3. The second kappa shape index (κ2) is 22.2. The number of hydrogen-bond acceptors (Lipinski definition) is 18. The molecule has 6 atom stereocenters. The largest absolute Gasteiger partial charge is 0.490 e. The quantitative estimate of drug-likeness (QED) is 0.0250. The summed E-state index contributed by atoms with van der Waals surface area (Å²) in [5.74, 6) is -0.635. The molecule has 2 aromatic carbocycles. The van der Waals surface area contributed by atoms with E-state index in [1.54, 1.807) is 29.4 Å². The van der Waals surface area contributed by atoms with Crippen LogP contribution < -0.4 is 31.2 Å². The van der Waals surface area contributed by atoms with Crippen molar-refractivity contribution in [3.63, 3.8) is 0 Å². The third-order valence-corrected chi connectivity index (χ3v) is 16.1. The molecular formula is C42H52N10O16P3S+. The molecule has 7 rings (SSSR count). The maximum Gasteiger partial charge on any atom is 0.490 e. The molecule has 2 unspecified atom stereocenters. The number of carbonyl (C=O) groups excluding carboxylic acids is 3. The molecule has 0 bridgehead atoms. The van der Waals surface area contributed by atoms with E-state index in [9.17, 15) is 43.0 Å². The van der Waals surface area contributed by atoms with E-state index in [0.717, 1.165) is 49.0 Å². The van der Waals surface area contributed by atoms with Crippen molar-refractivity contribution in [2.45, 2.75) is 37.4 Å². The second-order valence-electron chi connectivity index (χ2n) is 16.7. The predicted octanol–water partition coefficient (Wildman–Crippen LogP) is 2.86. The zero-order valence-electron chi connectivity index (χ0n) is 39.2. The molecular weight excluding hydrogens is 1030 g/mol. The number of anilines is 2. The highest BCUT2D eigenvalue weighted by molar-refractivity contribution is 7.66. The van der Waals surface area contributed by atoms with Crippen LogP contribution >= 0.6 is 34.8 Å². The fourth-order valence-electron chi connectivity index (χ4n) is 7.76. The zero-order valence-corrected chi connectivity index (χ0v) is 42.7. The number of ether oxygens (including phenoxy) is 2. The molecule has 72 heavy (non-hydrogen) atoms. The maximum atomic E-state index is 14.2. The van der Waals surface area contributed by atoms with Crippen molar-refractivity contribution < 1.29 is 75.4 Å². The molecule has 1 saturated heterocycles. The van der Waals surface area contributed by atoms with Crippen LogP contribution in [-0.4, -0.2) is 147 Å². The third-order valence-electron chi connectivity index (χ3n) is 11.1. The smallest absolute Gasteiger partial charge is 0.440 e. The van der Waals surface area contributed by atoms with Gasteiger partial charge in [0, 0.05) is 91.1 Å². The second-order valence-corrected chi connectivity index (χ2v) is 22.2. The lowest BCUT2D eigenvalue weighted by atomic mass is 9.91. The van der Waals surface area contributed by atoms with Gasteiger partial charge in [-0.05, 0) is 41.8 Å². The van der Waals surface area contributed by atoms with Crippen molar-refractivity contribution in [3.8, 4) is 21.6 Å². The SMILES string of the molecule is CN(CCCC(=O)NCCNC(=O)O[C@H]1[C@@H](O)[C@H](n2cnc3c(N)ncnc32)O[C@@H]1COP(=O)(O)OP(=O)(O)OP(=O)(O)O)C(=O)c1ccccc1-c1c2ccc(=[N+](C)C)cc-2sc2cc(N(C)C)ccc12. The Hall–Kier alpha value is -5.76. The molecule has 0 spiro atoms. The molecule has 4 aromatic rings. The number of aliphatic hydroxyl groups excluding tert-OH is 1. The van der Waals surface area contributed by atoms with Crippen molar-refractivity contribution in [2.75, 3.05) is 72.1 Å². The van der Waals surface area contributed by atoms with Crippen LogP contribution in [0.25, 0.3) is 42.8 Å². The highest BCUT2D eigenvalue weighted by atomic mass is 32.1. The first kappa shape index (κ1) is 54.0. The fraction of sp³-hybridized carbons (Fsp3) is 0.357. The Kier molecular flexibility index (Phi) is 16.6. The van der Waals surface area contributed by atoms with Crippen molar-refractivity contribution in [2.24, 2.45) is 0 Å². The van der Waals surface area contributed by atoms with E-state index < -0.39 is 60.7 Å². The standard InChI is InChI=1S/C42H51N10O16P3S/c1-49(2)24-12-14-28-31(19-24)72-32-20-25(50(3)4)13-15-29(32)34(28)26-9-6-7-10-27(26)40(55)51(5)18-8-11-33(53)44-16-17-45-42(56)66-37-30(21-64-70(60,61)68-71(62,63)67-69(57,58)59)65-41(36(37)54)52-23-48-35-38(43)46-22-47-39(35)52/h6-7,9-10,12-15,19-20,22-23,30,36-37,41,54H,8,11,16-18,21H2,1-5H3,(H7-,43,44,45,46,47,53,56,57,58,59,60,61,62,63)/p+1/t30-,36-,37-,41-/m1/s1. The Morgan fingerprint density at radius 3 is 2.38 bits per heavy atom. The van der Waals surface area contributed by atoms with E-state index in [0.29, 0.717) is 12.0 Å². The number of nitrogen functional groups attached to an aromatic ring is 1. The third kappa shape index (κ3) is 12.9. The number of imidazole rings is 1. The first-order valence-corrected chi connectivity index (χ1v) is 27.0. The van der Waals surface area contributed by atoms with Gasteiger partial charge in [0.15, 0.2) is 23.8 Å². The molecule has 4 heterocycles. The summed E-state index contributed by atoms with van der Waals surface area (Å²) in [7, 11) is -7.62. The monoisotopic (exact) mass is 1080 g/mol. The van der Waals surface area contributed by atoms with Crippen molar-refractivity contribution in [1.82, 2.24) is 39.6 Å². The minimum absolute atomic E-state index is 0.0284. The van der Waals surface area contributed by atoms with Crippen LogP contribution in [-0.2, 0) is 41.1 Å². The maximum absolute atomic E-state index is 14.2. The number of nitrogens with zero attached hydrogens (tertiary/aromatic N) is 7. The number of carbonyl (C=O) groups is 3. The molecule has 3 amide bonds. The van der Waals surface area contributed by atoms with Gasteiger partial charge in [0.2, 0.25) is 11.3 Å². The van der Waals surface area contributed by atoms with E-state index in [2.05, 4.69) is 70.6 Å². The number of benzene rings is 3. The number of aromatic nitrogens is 4. The van der Waals surface area contributed by atoms with E-state index in [1.807, 2.05) is 55.9 Å². The summed E-state index contributed by atoms with van der Waals surface area (Å²) in [6, 6.07) is 20.1. The van der Waals surface area contributed by atoms with Gasteiger partial charge in [0.05, 0.1) is 12.9 Å². The Bertz CT molecular complexity index is 3200. The Morgan fingerprint density at radius 2 is 1.65 bits per heavy atom. The molecule has 0 radical (unpaired) electrons. The first-order chi connectivity index (χ1) is 33.9. The summed E-state index contributed by atoms with van der Waals surface area (Å²) in [6.45, 7) is -1.11. The van der Waals surface area contributed by atoms with Crippen LogP contribution in [0.15, 0.2) is 73.3 Å². The van der Waals surface area contributed by atoms with Crippen LogP contribution in [0.2, 0.25) is 0 Å². The van der Waals surface area contributed by atoms with E-state index in [1.165, 1.54) is 10.9 Å². The lowest BCUT2D eigenvalue weighted by molar-refractivity contribution is -0.121. The van der Waals surface area contributed by atoms with Gasteiger partial charge < -0.3 is 60.3 Å². The summed E-state index contributed by atoms with van der Waals surface area (Å²) >= 11 is 1.69. The Labute approximate surface area is 414 Å². The van der Waals surface area contributed by atoms with Crippen LogP contribution in [0.1, 0.15) is 29.4 Å². The molecule has 3 aliphatic rings. The van der Waals surface area contributed by atoms with Crippen LogP contribution in [0.5, 0.6) is 0 Å². The van der Waals surface area contributed by atoms with Gasteiger partial charge in [-0.15, -0.1) is 11.3 Å². The first-order valence-electron chi connectivity index (χ1n) is 21.7. The number of nitrogens with one attached hydrogen (secondary N) is 2. The molecule has 0 saturated carbocycles. The van der Waals surface area contributed by atoms with Crippen molar-refractivity contribution in [1.29, 1.82) is 0 Å². The summed E-state index contributed by atoms with van der Waals surface area (Å²) in [4.78, 5) is 94.0. The number of hydrogen-bond donors (Lipinski definition) is 8. The van der Waals surface area contributed by atoms with Crippen LogP contribution in [0.3, 0.4) is 0 Å². The highest BCUT2D eigenvalue weighted by Crippen LogP contribution is 2.66. The van der Waals surface area contributed by atoms with Gasteiger partial charge >= 0.3 is 29.6 Å². The number of phosphoric ester groups is 1. The van der Waals surface area contributed by atoms with E-state index in [-0.39, 0.29) is 54.9 Å². The number of fused-ring (bicyclic) bond motifs is 3. The average molecular weight is 1080 g/mol. The fourth-order valence-corrected chi connectivity index (χ4v) is 11.9. The van der Waals surface area contributed by atoms with Crippen molar-refractivity contribution in [3.05, 3.63) is 84.2 Å². The number of aliphatic hydroxyl groups is 1. The lowest BCUT2D eigenvalue weighted by Crippen LogP contribution is -2.42. The van der Waals surface area contributed by atoms with E-state index in [4.69, 9.17) is 29.5 Å². The van der Waals surface area contributed by atoms with Gasteiger partial charge in [-0.3, -0.25) is 18.7 Å². The number of rotatable bonds is 19. The molecule has 26 nitrogen and oxygen atoms in total. The van der Waals surface area contributed by atoms with Gasteiger partial charge in [-0.1, -0.05) is 24.3 Å². The number of alkyl carbamates (subject to hydrolysis) is 1. The Morgan fingerprint density at radius 1 is 0.917 bits per heavy atom. The summed E-state index contributed by atoms with van der Waals surface area (Å²) < 4.78 is 63.1. The number of phosphoric acid groups is 3. The van der Waals surface area contributed by atoms with Crippen LogP contribution in [0, 0.1) is 0 Å². The van der Waals surface area contributed by atoms with Gasteiger partial charge in [0.1, 0.15) is 38.1 Å². The molecule has 30 heteroatoms. The predicted molar refractivity (Wildman–Crippen MR) is 262 cm³/mol. The molecule has 1 fully saturated rings. The van der Waals surface area contributed by atoms with E-state index >= 15 is 0 Å². The highest BCUT2D eigenvalue weighted by Gasteiger charge is 2.50. The molecule has 9 N–H and O–H groups in total. The summed E-state index contributed by atoms with van der Waals surface area (Å²) in [5.41, 5.74) is 10.3. The average Bonchev–Trinajstić information content (AvgIpc) is 3.87. The minimum Gasteiger partial charge on any atom is -0.440 e. The number of nitrogens with two attached hydrogens (primary N) is 1. The molecule has 2 aliphatic heterocycles. The van der Waals surface area contributed by atoms with Gasteiger partial charge in [-0.25, -0.2) is 38.0 Å². The lowest BCUT2D eigenvalue weighted by Gasteiger charge is -2.22. The topological polar surface area (TPSA) is 353 Å². The summed E-state index contributed by atoms with van der Waals surface area (Å²) in [5, 5.41) is 18.4. The van der Waals surface area contributed by atoms with Gasteiger partial charge in [0.25, 0.3) is 5.91 Å². The minimum atomic E-state index is -5.88. The number of amides is 3. The molecule has 386 valence electrons. The molecule has 1 aliphatic carbocycles. The summed E-state index contributed by atoms with van der Waals surface area (Å²) in [6.07, 6.45) is -5.15. The van der Waals surface area contributed by atoms with Crippen molar-refractivity contribution >= 4 is 85.5 Å². The van der Waals surface area contributed by atoms with Crippen LogP contribution in [0.4, 0.5) is 16.3 Å². The van der Waals surface area contributed by atoms with Gasteiger partial charge in [-0.2, -0.15) is 8.62 Å². The normalized spacial score (nSPS) is 18.6. The Balaban J connectivity index is 0.946.